The van der Waals surface area contributed by atoms with E-state index in [2.05, 4.69) is 6.58 Å². The molecule has 0 aliphatic heterocycles. The number of rotatable bonds is 3. The molecule has 1 fully saturated rings. The minimum Gasteiger partial charge on any atom is -0.462 e. The number of aliphatic hydroxyl groups excluding tert-OH is 1. The van der Waals surface area contributed by atoms with Gasteiger partial charge in [-0.25, -0.2) is 0 Å². The van der Waals surface area contributed by atoms with E-state index in [1.165, 1.54) is 0 Å². The van der Waals surface area contributed by atoms with Crippen molar-refractivity contribution in [3.63, 3.8) is 0 Å². The van der Waals surface area contributed by atoms with Crippen molar-refractivity contribution in [2.45, 2.75) is 44.3 Å². The van der Waals surface area contributed by atoms with Gasteiger partial charge in [0.2, 0.25) is 0 Å². The molecule has 13 heavy (non-hydrogen) atoms. The second kappa shape index (κ2) is 5.02. The average Bonchev–Trinajstić information content (AvgIpc) is 2.09. The van der Waals surface area contributed by atoms with Gasteiger partial charge in [0.15, 0.2) is 0 Å². The van der Waals surface area contributed by atoms with Gasteiger partial charge in [-0.05, 0) is 25.7 Å². The molecule has 0 bridgehead atoms. The number of carbonyl (C=O) groups excluding carboxylic acids is 1. The molecule has 74 valence electrons. The number of hydrogen-bond donors (Lipinski definition) is 1. The smallest absolute Gasteiger partial charge is 0.309 e. The first-order chi connectivity index (χ1) is 6.22. The molecule has 3 heteroatoms. The van der Waals surface area contributed by atoms with E-state index in [1.807, 2.05) is 0 Å². The van der Waals surface area contributed by atoms with Crippen molar-refractivity contribution in [1.29, 1.82) is 0 Å². The average molecular weight is 184 g/mol. The number of ether oxygens (including phenoxy) is 1. The topological polar surface area (TPSA) is 46.5 Å². The zero-order valence-electron chi connectivity index (χ0n) is 7.74. The Kier molecular flexibility index (Phi) is 3.96. The predicted molar refractivity (Wildman–Crippen MR) is 49.2 cm³/mol. The van der Waals surface area contributed by atoms with Gasteiger partial charge in [-0.1, -0.05) is 6.08 Å². The second-order valence-corrected chi connectivity index (χ2v) is 3.41. The van der Waals surface area contributed by atoms with Crippen LogP contribution in [0.5, 0.6) is 0 Å². The molecular weight excluding hydrogens is 168 g/mol. The fraction of sp³-hybridized carbons (Fsp3) is 0.700. The van der Waals surface area contributed by atoms with Crippen LogP contribution in [0.4, 0.5) is 0 Å². The Morgan fingerprint density at radius 2 is 2.08 bits per heavy atom. The van der Waals surface area contributed by atoms with Crippen LogP contribution >= 0.6 is 0 Å². The molecule has 0 heterocycles. The summed E-state index contributed by atoms with van der Waals surface area (Å²) in [6, 6.07) is 0. The summed E-state index contributed by atoms with van der Waals surface area (Å²) >= 11 is 0. The normalized spacial score (nSPS) is 28.1. The summed E-state index contributed by atoms with van der Waals surface area (Å²) in [5.41, 5.74) is 0. The third-order valence-corrected chi connectivity index (χ3v) is 2.25. The molecule has 0 saturated heterocycles. The minimum atomic E-state index is -0.212. The highest BCUT2D eigenvalue weighted by atomic mass is 16.5. The van der Waals surface area contributed by atoms with Crippen LogP contribution in [0.25, 0.3) is 0 Å². The van der Waals surface area contributed by atoms with Crippen molar-refractivity contribution in [2.24, 2.45) is 0 Å². The zero-order chi connectivity index (χ0) is 9.68. The van der Waals surface area contributed by atoms with Gasteiger partial charge in [-0.3, -0.25) is 4.79 Å². The third kappa shape index (κ3) is 3.59. The molecule has 3 nitrogen and oxygen atoms in total. The van der Waals surface area contributed by atoms with Crippen LogP contribution in [0.3, 0.4) is 0 Å². The lowest BCUT2D eigenvalue weighted by Gasteiger charge is -2.25. The number of hydrogen-bond acceptors (Lipinski definition) is 3. The zero-order valence-corrected chi connectivity index (χ0v) is 7.74. The van der Waals surface area contributed by atoms with Gasteiger partial charge in [-0.15, -0.1) is 6.58 Å². The second-order valence-electron chi connectivity index (χ2n) is 3.41. The lowest BCUT2D eigenvalue weighted by Crippen LogP contribution is -2.26. The van der Waals surface area contributed by atoms with E-state index in [9.17, 15) is 9.90 Å². The molecular formula is C10H16O3. The highest BCUT2D eigenvalue weighted by Gasteiger charge is 2.21. The summed E-state index contributed by atoms with van der Waals surface area (Å²) < 4.78 is 5.16. The molecule has 0 atom stereocenters. The van der Waals surface area contributed by atoms with E-state index in [1.54, 1.807) is 6.08 Å². The SMILES string of the molecule is C=CCC(=O)OC1CCC(O)CC1. The number of esters is 1. The molecule has 0 aromatic carbocycles. The van der Waals surface area contributed by atoms with Crippen LogP contribution in [0.15, 0.2) is 12.7 Å². The maximum Gasteiger partial charge on any atom is 0.309 e. The Bertz CT molecular complexity index is 181. The summed E-state index contributed by atoms with van der Waals surface area (Å²) in [6.07, 6.45) is 4.68. The van der Waals surface area contributed by atoms with Crippen molar-refractivity contribution in [1.82, 2.24) is 0 Å². The van der Waals surface area contributed by atoms with Gasteiger partial charge in [0.25, 0.3) is 0 Å². The molecule has 1 rings (SSSR count). The Labute approximate surface area is 78.4 Å². The fourth-order valence-electron chi connectivity index (χ4n) is 1.51. The highest BCUT2D eigenvalue weighted by Crippen LogP contribution is 2.21. The van der Waals surface area contributed by atoms with Crippen LogP contribution in [0, 0.1) is 0 Å². The van der Waals surface area contributed by atoms with Crippen LogP contribution in [-0.2, 0) is 9.53 Å². The van der Waals surface area contributed by atoms with Crippen molar-refractivity contribution < 1.29 is 14.6 Å². The monoisotopic (exact) mass is 184 g/mol. The van der Waals surface area contributed by atoms with Crippen LogP contribution in [0.2, 0.25) is 0 Å². The van der Waals surface area contributed by atoms with Gasteiger partial charge in [0, 0.05) is 0 Å². The van der Waals surface area contributed by atoms with Gasteiger partial charge in [0.05, 0.1) is 12.5 Å². The van der Waals surface area contributed by atoms with Crippen molar-refractivity contribution >= 4 is 5.97 Å². The highest BCUT2D eigenvalue weighted by molar-refractivity contribution is 5.71. The standard InChI is InChI=1S/C10H16O3/c1-2-3-10(12)13-9-6-4-8(11)5-7-9/h2,8-9,11H,1,3-7H2. The molecule has 1 saturated carbocycles. The lowest BCUT2D eigenvalue weighted by atomic mass is 9.95. The maximum absolute atomic E-state index is 11.0. The van der Waals surface area contributed by atoms with E-state index >= 15 is 0 Å². The van der Waals surface area contributed by atoms with Crippen LogP contribution < -0.4 is 0 Å². The first-order valence-corrected chi connectivity index (χ1v) is 4.71. The van der Waals surface area contributed by atoms with Crippen LogP contribution in [0.1, 0.15) is 32.1 Å². The molecule has 0 unspecified atom stereocenters. The predicted octanol–water partition coefficient (Wildman–Crippen LogP) is 1.41. The van der Waals surface area contributed by atoms with Crippen molar-refractivity contribution in [2.75, 3.05) is 0 Å². The fourth-order valence-corrected chi connectivity index (χ4v) is 1.51. The molecule has 0 spiro atoms. The Balaban J connectivity index is 2.22. The minimum absolute atomic E-state index is 0.0100. The largest absolute Gasteiger partial charge is 0.462 e. The Hall–Kier alpha value is -0.830. The van der Waals surface area contributed by atoms with E-state index in [4.69, 9.17) is 4.74 Å². The summed E-state index contributed by atoms with van der Waals surface area (Å²) in [7, 11) is 0. The van der Waals surface area contributed by atoms with Crippen LogP contribution in [-0.4, -0.2) is 23.3 Å². The number of carbonyl (C=O) groups is 1. The Morgan fingerprint density at radius 3 is 2.62 bits per heavy atom. The summed E-state index contributed by atoms with van der Waals surface area (Å²) in [5.74, 6) is -0.212. The first kappa shape index (κ1) is 10.3. The van der Waals surface area contributed by atoms with E-state index in [-0.39, 0.29) is 24.6 Å². The van der Waals surface area contributed by atoms with Gasteiger partial charge in [0.1, 0.15) is 6.10 Å². The maximum atomic E-state index is 11.0. The molecule has 1 aliphatic carbocycles. The molecule has 1 aliphatic rings. The quantitative estimate of drug-likeness (QED) is 0.533. The molecule has 1 N–H and O–H groups in total. The summed E-state index contributed by atoms with van der Waals surface area (Å²) in [6.45, 7) is 3.46. The van der Waals surface area contributed by atoms with Gasteiger partial charge in [-0.2, -0.15) is 0 Å². The summed E-state index contributed by atoms with van der Waals surface area (Å²) in [4.78, 5) is 11.0. The van der Waals surface area contributed by atoms with Crippen molar-refractivity contribution in [3.05, 3.63) is 12.7 Å². The molecule has 0 aromatic rings. The lowest BCUT2D eigenvalue weighted by molar-refractivity contribution is -0.150. The third-order valence-electron chi connectivity index (χ3n) is 2.25. The number of aliphatic hydroxyl groups is 1. The molecule has 0 aromatic heterocycles. The molecule has 0 amide bonds. The summed E-state index contributed by atoms with van der Waals surface area (Å²) in [5, 5.41) is 9.21. The molecule has 0 radical (unpaired) electrons. The van der Waals surface area contributed by atoms with Gasteiger partial charge >= 0.3 is 5.97 Å². The van der Waals surface area contributed by atoms with Gasteiger partial charge < -0.3 is 9.84 Å². The van der Waals surface area contributed by atoms with E-state index in [0.717, 1.165) is 25.7 Å². The van der Waals surface area contributed by atoms with Crippen molar-refractivity contribution in [3.8, 4) is 0 Å². The van der Waals surface area contributed by atoms with E-state index < -0.39 is 0 Å². The van der Waals surface area contributed by atoms with E-state index in [0.29, 0.717) is 0 Å². The Morgan fingerprint density at radius 1 is 1.46 bits per heavy atom. The first-order valence-electron chi connectivity index (χ1n) is 4.71.